The van der Waals surface area contributed by atoms with E-state index in [2.05, 4.69) is 107 Å². The number of fused-ring (bicyclic) bond motifs is 2. The molecule has 4 aromatic carbocycles. The van der Waals surface area contributed by atoms with Crippen molar-refractivity contribution in [3.8, 4) is 11.5 Å². The average molecular weight is 639 g/mol. The van der Waals surface area contributed by atoms with Gasteiger partial charge in [-0.3, -0.25) is 0 Å². The lowest BCUT2D eigenvalue weighted by atomic mass is 9.92. The van der Waals surface area contributed by atoms with E-state index in [1.807, 2.05) is 12.1 Å². The van der Waals surface area contributed by atoms with Gasteiger partial charge >= 0.3 is 7.32 Å². The summed E-state index contributed by atoms with van der Waals surface area (Å²) in [5.74, 6) is 1.58. The fraction of sp³-hybridized carbons (Fsp3) is 0.524. The molecule has 0 bridgehead atoms. The van der Waals surface area contributed by atoms with Gasteiger partial charge in [0.05, 0.1) is 25.7 Å². The molecule has 2 unspecified atom stereocenters. The standard InChI is InChI=1S/C42H61BNO3/c1-6-11-15-29-42(39(22-10-5)44(32-12-7-2,33-13-8-3)34-14-9-4)47-43(45-40-30-20-25-35-23-16-18-27-37(35)40)46-41-31-21-26-36-24-17-19-28-38(36)41/h16-21,23-28,30-31,39,42H,6-15,22,29,32-34H2,1-5H3/q+1. The molecule has 4 rings (SSSR count). The van der Waals surface area contributed by atoms with E-state index in [1.54, 1.807) is 0 Å². The molecule has 4 nitrogen and oxygen atoms in total. The second-order valence-corrected chi connectivity index (χ2v) is 13.5. The highest BCUT2D eigenvalue weighted by molar-refractivity contribution is 6.39. The third-order valence-electron chi connectivity index (χ3n) is 9.91. The van der Waals surface area contributed by atoms with Crippen LogP contribution in [-0.4, -0.2) is 43.6 Å². The van der Waals surface area contributed by atoms with Crippen LogP contribution in [0.25, 0.3) is 21.5 Å². The molecular weight excluding hydrogens is 577 g/mol. The summed E-state index contributed by atoms with van der Waals surface area (Å²) in [4.78, 5) is 0. The van der Waals surface area contributed by atoms with Gasteiger partial charge in [0.1, 0.15) is 17.5 Å². The summed E-state index contributed by atoms with van der Waals surface area (Å²) in [7, 11) is -0.886. The van der Waals surface area contributed by atoms with Gasteiger partial charge in [-0.2, -0.15) is 0 Å². The Hall–Kier alpha value is -3.02. The molecule has 0 aliphatic carbocycles. The molecule has 0 N–H and O–H groups in total. The Balaban J connectivity index is 1.79. The lowest BCUT2D eigenvalue weighted by Crippen LogP contribution is -2.62. The van der Waals surface area contributed by atoms with Gasteiger partial charge in [-0.1, -0.05) is 152 Å². The van der Waals surface area contributed by atoms with E-state index in [0.717, 1.165) is 63.2 Å². The largest absolute Gasteiger partial charge is 0.788 e. The molecule has 47 heavy (non-hydrogen) atoms. The molecule has 5 heteroatoms. The van der Waals surface area contributed by atoms with Crippen molar-refractivity contribution in [2.24, 2.45) is 0 Å². The minimum atomic E-state index is -0.886. The van der Waals surface area contributed by atoms with E-state index in [1.165, 1.54) is 71.0 Å². The summed E-state index contributed by atoms with van der Waals surface area (Å²) in [6.07, 6.45) is 14.2. The van der Waals surface area contributed by atoms with E-state index in [-0.39, 0.29) is 6.10 Å². The molecule has 0 fully saturated rings. The van der Waals surface area contributed by atoms with Crippen molar-refractivity contribution < 1.29 is 18.4 Å². The van der Waals surface area contributed by atoms with Crippen LogP contribution in [0.3, 0.4) is 0 Å². The Kier molecular flexibility index (Phi) is 15.4. The van der Waals surface area contributed by atoms with E-state index < -0.39 is 7.32 Å². The smallest absolute Gasteiger partial charge is 0.500 e. The first kappa shape index (κ1) is 36.8. The normalized spacial score (nSPS) is 13.1. The number of benzene rings is 4. The molecule has 0 aliphatic rings. The molecule has 0 amide bonds. The van der Waals surface area contributed by atoms with E-state index in [0.29, 0.717) is 6.04 Å². The van der Waals surface area contributed by atoms with Crippen LogP contribution in [0.15, 0.2) is 84.9 Å². The highest BCUT2D eigenvalue weighted by Gasteiger charge is 2.44. The van der Waals surface area contributed by atoms with E-state index in [4.69, 9.17) is 14.0 Å². The summed E-state index contributed by atoms with van der Waals surface area (Å²) < 4.78 is 22.2. The third kappa shape index (κ3) is 10.2. The van der Waals surface area contributed by atoms with Gasteiger partial charge in [-0.15, -0.1) is 0 Å². The number of unbranched alkanes of at least 4 members (excludes halogenated alkanes) is 5. The van der Waals surface area contributed by atoms with Crippen molar-refractivity contribution in [3.05, 3.63) is 84.9 Å². The van der Waals surface area contributed by atoms with Gasteiger partial charge in [-0.05, 0) is 48.6 Å². The van der Waals surface area contributed by atoms with Crippen LogP contribution in [0, 0.1) is 0 Å². The van der Waals surface area contributed by atoms with Gasteiger partial charge in [0.15, 0.2) is 0 Å². The highest BCUT2D eigenvalue weighted by Crippen LogP contribution is 2.33. The summed E-state index contributed by atoms with van der Waals surface area (Å²) in [5.41, 5.74) is 0. The molecule has 0 heterocycles. The summed E-state index contributed by atoms with van der Waals surface area (Å²) >= 11 is 0. The van der Waals surface area contributed by atoms with Gasteiger partial charge in [0.25, 0.3) is 0 Å². The number of nitrogens with zero attached hydrogens (tertiary/aromatic N) is 1. The number of quaternary nitrogens is 1. The third-order valence-corrected chi connectivity index (χ3v) is 9.91. The summed E-state index contributed by atoms with van der Waals surface area (Å²) in [6, 6.07) is 29.7. The van der Waals surface area contributed by atoms with Crippen molar-refractivity contribution in [1.82, 2.24) is 0 Å². The van der Waals surface area contributed by atoms with E-state index >= 15 is 0 Å². The van der Waals surface area contributed by atoms with Gasteiger partial charge in [0, 0.05) is 17.2 Å². The minimum Gasteiger partial charge on any atom is -0.500 e. The van der Waals surface area contributed by atoms with Crippen LogP contribution in [0.4, 0.5) is 0 Å². The molecular formula is C42H61BNO3+. The molecule has 0 saturated carbocycles. The lowest BCUT2D eigenvalue weighted by molar-refractivity contribution is -0.955. The van der Waals surface area contributed by atoms with Crippen LogP contribution in [0.2, 0.25) is 0 Å². The maximum absolute atomic E-state index is 7.30. The SMILES string of the molecule is CCCCCC(OB(Oc1cccc2ccccc12)Oc1cccc2ccccc12)C(CCC)[N+](CCCC)(CCCC)CCCC. The predicted octanol–water partition coefficient (Wildman–Crippen LogP) is 11.8. The van der Waals surface area contributed by atoms with Crippen molar-refractivity contribution in [1.29, 1.82) is 0 Å². The average Bonchev–Trinajstić information content (AvgIpc) is 3.10. The monoisotopic (exact) mass is 638 g/mol. The van der Waals surface area contributed by atoms with Gasteiger partial charge in [0.2, 0.25) is 0 Å². The first-order chi connectivity index (χ1) is 23.1. The molecule has 0 radical (unpaired) electrons. The molecule has 254 valence electrons. The number of rotatable bonds is 23. The lowest BCUT2D eigenvalue weighted by Gasteiger charge is -2.48. The Bertz CT molecular complexity index is 1340. The van der Waals surface area contributed by atoms with E-state index in [9.17, 15) is 0 Å². The predicted molar refractivity (Wildman–Crippen MR) is 202 cm³/mol. The molecule has 0 spiro atoms. The summed E-state index contributed by atoms with van der Waals surface area (Å²) in [5, 5.41) is 4.42. The molecule has 0 aliphatic heterocycles. The molecule has 0 aromatic heterocycles. The van der Waals surface area contributed by atoms with Crippen molar-refractivity contribution in [2.75, 3.05) is 19.6 Å². The second kappa shape index (κ2) is 19.7. The quantitative estimate of drug-likeness (QED) is 0.0460. The van der Waals surface area contributed by atoms with Crippen molar-refractivity contribution in [3.63, 3.8) is 0 Å². The van der Waals surface area contributed by atoms with Crippen LogP contribution in [0.1, 0.15) is 112 Å². The van der Waals surface area contributed by atoms with Crippen molar-refractivity contribution in [2.45, 2.75) is 124 Å². The van der Waals surface area contributed by atoms with Gasteiger partial charge in [-0.25, -0.2) is 0 Å². The first-order valence-corrected chi connectivity index (χ1v) is 18.9. The fourth-order valence-corrected chi connectivity index (χ4v) is 7.33. The zero-order chi connectivity index (χ0) is 33.3. The molecule has 4 aromatic rings. The number of hydrogen-bond donors (Lipinski definition) is 0. The van der Waals surface area contributed by atoms with Gasteiger partial charge < -0.3 is 18.4 Å². The first-order valence-electron chi connectivity index (χ1n) is 18.9. The maximum Gasteiger partial charge on any atom is 0.788 e. The minimum absolute atomic E-state index is 0.0158. The molecule has 0 saturated heterocycles. The number of hydrogen-bond acceptors (Lipinski definition) is 3. The Morgan fingerprint density at radius 3 is 1.45 bits per heavy atom. The Morgan fingerprint density at radius 2 is 0.979 bits per heavy atom. The maximum atomic E-state index is 7.30. The van der Waals surface area contributed by atoms with Crippen LogP contribution >= 0.6 is 0 Å². The van der Waals surface area contributed by atoms with Crippen LogP contribution in [0.5, 0.6) is 11.5 Å². The Morgan fingerprint density at radius 1 is 0.511 bits per heavy atom. The summed E-state index contributed by atoms with van der Waals surface area (Å²) in [6.45, 7) is 15.3. The Labute approximate surface area is 286 Å². The topological polar surface area (TPSA) is 27.7 Å². The molecule has 2 atom stereocenters. The van der Waals surface area contributed by atoms with Crippen molar-refractivity contribution >= 4 is 28.9 Å². The highest BCUT2D eigenvalue weighted by atomic mass is 16.7. The fourth-order valence-electron chi connectivity index (χ4n) is 7.33. The second-order valence-electron chi connectivity index (χ2n) is 13.5. The zero-order valence-electron chi connectivity index (χ0n) is 30.1. The van der Waals surface area contributed by atoms with Crippen LogP contribution < -0.4 is 9.31 Å². The van der Waals surface area contributed by atoms with Crippen LogP contribution in [-0.2, 0) is 4.65 Å². The zero-order valence-corrected chi connectivity index (χ0v) is 30.1.